The highest BCUT2D eigenvalue weighted by Crippen LogP contribution is 2.52. The molecule has 3 heterocycles. The van der Waals surface area contributed by atoms with E-state index in [1.54, 1.807) is 0 Å². The summed E-state index contributed by atoms with van der Waals surface area (Å²) in [5.74, 6) is -4.78. The number of Topliss-reactive ketones (excluding diaryl/α,β-unsaturated/α-hetero) is 1. The summed E-state index contributed by atoms with van der Waals surface area (Å²) in [6.07, 6.45) is -4.47. The molecule has 2 aliphatic carbocycles. The Morgan fingerprint density at radius 1 is 1.11 bits per heavy atom. The SMILES string of the molecule is COC1OCCN2[C@@H]1O[C@@H]1[C@H](C)O[C@@H](O[C@H]3C[C@](O)(C(C)=O)Cc4c(O)c5c(c(O)c43)C(=O)c3c(F)cccc3C5=O)C[C@@H]12. The average Bonchev–Trinajstić information content (AvgIpc) is 3.37. The van der Waals surface area contributed by atoms with Crippen LogP contribution in [0.2, 0.25) is 0 Å². The Kier molecular flexibility index (Phi) is 6.94. The number of phenols is 2. The lowest BCUT2D eigenvalue weighted by atomic mass is 9.72. The largest absolute Gasteiger partial charge is 0.507 e. The maximum Gasteiger partial charge on any atom is 0.201 e. The van der Waals surface area contributed by atoms with E-state index in [2.05, 4.69) is 4.90 Å². The molecule has 2 aromatic carbocycles. The molecule has 12 nitrogen and oxygen atoms in total. The van der Waals surface area contributed by atoms with E-state index in [9.17, 15) is 34.1 Å². The van der Waals surface area contributed by atoms with Crippen molar-refractivity contribution in [2.75, 3.05) is 20.3 Å². The highest BCUT2D eigenvalue weighted by atomic mass is 19.1. The van der Waals surface area contributed by atoms with E-state index in [0.29, 0.717) is 19.6 Å². The fraction of sp³-hybridized carbons (Fsp3) is 0.516. The number of aromatic hydroxyl groups is 2. The van der Waals surface area contributed by atoms with Crippen molar-refractivity contribution in [3.63, 3.8) is 0 Å². The summed E-state index contributed by atoms with van der Waals surface area (Å²) in [4.78, 5) is 41.8. The van der Waals surface area contributed by atoms with Crippen LogP contribution in [0.3, 0.4) is 0 Å². The van der Waals surface area contributed by atoms with Crippen LogP contribution in [0.1, 0.15) is 75.8 Å². The molecule has 3 saturated heterocycles. The van der Waals surface area contributed by atoms with Crippen LogP contribution in [-0.2, 0) is 34.9 Å². The van der Waals surface area contributed by atoms with Crippen LogP contribution in [-0.4, -0.2) is 100 Å². The lowest BCUT2D eigenvalue weighted by Gasteiger charge is -2.43. The second kappa shape index (κ2) is 10.4. The van der Waals surface area contributed by atoms with Gasteiger partial charge in [0.2, 0.25) is 5.78 Å². The van der Waals surface area contributed by atoms with Crippen molar-refractivity contribution in [1.29, 1.82) is 0 Å². The first-order valence-corrected chi connectivity index (χ1v) is 14.5. The van der Waals surface area contributed by atoms with Crippen LogP contribution >= 0.6 is 0 Å². The van der Waals surface area contributed by atoms with Gasteiger partial charge in [-0.2, -0.15) is 0 Å². The molecule has 0 radical (unpaired) electrons. The lowest BCUT2D eigenvalue weighted by Crippen LogP contribution is -2.55. The van der Waals surface area contributed by atoms with Crippen molar-refractivity contribution in [2.45, 2.75) is 81.9 Å². The Labute approximate surface area is 251 Å². The first-order chi connectivity index (χ1) is 20.9. The molecule has 44 heavy (non-hydrogen) atoms. The summed E-state index contributed by atoms with van der Waals surface area (Å²) < 4.78 is 44.7. The summed E-state index contributed by atoms with van der Waals surface area (Å²) in [5.41, 5.74) is -4.07. The monoisotopic (exact) mass is 613 g/mol. The van der Waals surface area contributed by atoms with Crippen LogP contribution in [0.4, 0.5) is 4.39 Å². The molecule has 1 unspecified atom stereocenters. The highest BCUT2D eigenvalue weighted by Gasteiger charge is 2.55. The van der Waals surface area contributed by atoms with E-state index < -0.39 is 94.4 Å². The van der Waals surface area contributed by atoms with Gasteiger partial charge in [-0.3, -0.25) is 19.3 Å². The van der Waals surface area contributed by atoms with Crippen molar-refractivity contribution >= 4 is 17.3 Å². The van der Waals surface area contributed by atoms with Gasteiger partial charge in [0.25, 0.3) is 0 Å². The molecule has 2 aromatic rings. The molecule has 0 bridgehead atoms. The van der Waals surface area contributed by atoms with Crippen LogP contribution in [0.15, 0.2) is 18.2 Å². The third-order valence-electron chi connectivity index (χ3n) is 9.60. The van der Waals surface area contributed by atoms with Gasteiger partial charge in [-0.05, 0) is 19.9 Å². The molecule has 5 aliphatic rings. The summed E-state index contributed by atoms with van der Waals surface area (Å²) in [6.45, 7) is 4.02. The van der Waals surface area contributed by atoms with Gasteiger partial charge in [-0.15, -0.1) is 0 Å². The van der Waals surface area contributed by atoms with Crippen molar-refractivity contribution in [1.82, 2.24) is 4.90 Å². The first-order valence-electron chi connectivity index (χ1n) is 14.5. The summed E-state index contributed by atoms with van der Waals surface area (Å²) >= 11 is 0. The van der Waals surface area contributed by atoms with Crippen LogP contribution in [0.5, 0.6) is 11.5 Å². The quantitative estimate of drug-likeness (QED) is 0.367. The predicted octanol–water partition coefficient (Wildman–Crippen LogP) is 1.87. The number of halogens is 1. The van der Waals surface area contributed by atoms with E-state index in [-0.39, 0.29) is 35.3 Å². The fourth-order valence-corrected chi connectivity index (χ4v) is 7.42. The Bertz CT molecular complexity index is 1590. The number of nitrogens with zero attached hydrogens (tertiary/aromatic N) is 1. The number of rotatable bonds is 4. The second-order valence-corrected chi connectivity index (χ2v) is 12.0. The molecule has 8 atom stereocenters. The van der Waals surface area contributed by atoms with E-state index in [1.165, 1.54) is 26.2 Å². The molecule has 0 spiro atoms. The van der Waals surface area contributed by atoms with Crippen LogP contribution in [0, 0.1) is 5.82 Å². The Balaban J connectivity index is 1.29. The maximum absolute atomic E-state index is 14.8. The minimum Gasteiger partial charge on any atom is -0.507 e. The number of aliphatic hydroxyl groups is 1. The maximum atomic E-state index is 14.8. The van der Waals surface area contributed by atoms with Gasteiger partial charge >= 0.3 is 0 Å². The van der Waals surface area contributed by atoms with E-state index in [4.69, 9.17) is 23.7 Å². The minimum atomic E-state index is -2.03. The summed E-state index contributed by atoms with van der Waals surface area (Å²) in [6, 6.07) is 3.38. The predicted molar refractivity (Wildman–Crippen MR) is 146 cm³/mol. The number of methoxy groups -OCH3 is 1. The Hall–Kier alpha value is -3.30. The third-order valence-corrected chi connectivity index (χ3v) is 9.60. The number of hydrogen-bond donors (Lipinski definition) is 3. The van der Waals surface area contributed by atoms with Crippen molar-refractivity contribution in [2.24, 2.45) is 0 Å². The van der Waals surface area contributed by atoms with E-state index in [1.807, 2.05) is 6.92 Å². The number of ether oxygens (including phenoxy) is 5. The number of phenolic OH excluding ortho intramolecular Hbond substituents is 2. The third kappa shape index (κ3) is 4.18. The van der Waals surface area contributed by atoms with Gasteiger partial charge in [-0.1, -0.05) is 12.1 Å². The van der Waals surface area contributed by atoms with Gasteiger partial charge in [0.15, 0.2) is 30.4 Å². The molecule has 3 fully saturated rings. The second-order valence-electron chi connectivity index (χ2n) is 12.0. The molecule has 0 saturated carbocycles. The van der Waals surface area contributed by atoms with E-state index >= 15 is 0 Å². The molecule has 234 valence electrons. The number of benzene rings is 2. The molecular formula is C31H32FNO11. The molecule has 3 N–H and O–H groups in total. The molecule has 13 heteroatoms. The zero-order valence-corrected chi connectivity index (χ0v) is 24.2. The Morgan fingerprint density at radius 3 is 2.59 bits per heavy atom. The van der Waals surface area contributed by atoms with Gasteiger partial charge in [-0.25, -0.2) is 4.39 Å². The fourth-order valence-electron chi connectivity index (χ4n) is 7.42. The number of morpholine rings is 1. The minimum absolute atomic E-state index is 0.0714. The number of fused-ring (bicyclic) bond motifs is 6. The molecular weight excluding hydrogens is 581 g/mol. The van der Waals surface area contributed by atoms with E-state index in [0.717, 1.165) is 6.07 Å². The standard InChI is InChI=1S/C31H32FNO11/c1-12-28-17(33-7-8-41-30(40-3)29(33)44-28)9-19(42-12)43-18-11-31(39,13(2)34)10-15-21(18)27(38)23-22(25(15)36)24(35)14-5-4-6-16(32)20(14)26(23)37/h4-6,12,17-19,28-30,36,38-39H,7-11H2,1-3H3/t12-,17-,18-,19-,28+,29+,30?,31-/m0/s1. The van der Waals surface area contributed by atoms with Gasteiger partial charge < -0.3 is 39.0 Å². The van der Waals surface area contributed by atoms with Crippen molar-refractivity contribution in [3.8, 4) is 11.5 Å². The van der Waals surface area contributed by atoms with Crippen LogP contribution in [0.25, 0.3) is 0 Å². The van der Waals surface area contributed by atoms with Gasteiger partial charge in [0.1, 0.15) is 29.0 Å². The van der Waals surface area contributed by atoms with Crippen LogP contribution < -0.4 is 0 Å². The van der Waals surface area contributed by atoms with Crippen molar-refractivity contribution in [3.05, 3.63) is 57.4 Å². The molecule has 3 aliphatic heterocycles. The first kappa shape index (κ1) is 29.4. The number of carbonyl (C=O) groups is 3. The lowest BCUT2D eigenvalue weighted by molar-refractivity contribution is -0.256. The summed E-state index contributed by atoms with van der Waals surface area (Å²) in [7, 11) is 1.54. The zero-order chi connectivity index (χ0) is 31.2. The normalized spacial score (nSPS) is 34.5. The number of hydrogen-bond acceptors (Lipinski definition) is 12. The summed E-state index contributed by atoms with van der Waals surface area (Å²) in [5, 5.41) is 34.4. The van der Waals surface area contributed by atoms with Gasteiger partial charge in [0, 0.05) is 55.6 Å². The topological polar surface area (TPSA) is 161 Å². The number of ketones is 3. The Morgan fingerprint density at radius 2 is 1.86 bits per heavy atom. The van der Waals surface area contributed by atoms with Crippen molar-refractivity contribution < 1.29 is 57.8 Å². The average molecular weight is 614 g/mol. The molecule has 0 amide bonds. The smallest absolute Gasteiger partial charge is 0.201 e. The number of carbonyl (C=O) groups excluding carboxylic acids is 3. The molecule has 7 rings (SSSR count). The van der Waals surface area contributed by atoms with Gasteiger partial charge in [0.05, 0.1) is 35.5 Å². The zero-order valence-electron chi connectivity index (χ0n) is 24.2. The highest BCUT2D eigenvalue weighted by molar-refractivity contribution is 6.30. The molecule has 0 aromatic heterocycles.